The Morgan fingerprint density at radius 2 is 1.30 bits per heavy atom. The average Bonchev–Trinajstić information content (AvgIpc) is 2.50. The monoisotopic (exact) mass is 326 g/mol. The van der Waals surface area contributed by atoms with Crippen LogP contribution in [-0.4, -0.2) is 22.3 Å². The molecule has 0 aliphatic carbocycles. The molecule has 0 aromatic carbocycles. The minimum absolute atomic E-state index is 0.122. The van der Waals surface area contributed by atoms with Gasteiger partial charge in [-0.25, -0.2) is 0 Å². The number of unbranched alkanes of at least 4 members (excludes halogenated alkanes) is 11. The average molecular weight is 327 g/mol. The van der Waals surface area contributed by atoms with Gasteiger partial charge < -0.3 is 10.2 Å². The molecule has 2 N–H and O–H groups in total. The van der Waals surface area contributed by atoms with Gasteiger partial charge in [0.15, 0.2) is 0 Å². The number of hydrogen-bond acceptors (Lipinski definition) is 2. The number of rotatable bonds is 17. The third kappa shape index (κ3) is 19.1. The molecule has 0 saturated heterocycles. The van der Waals surface area contributed by atoms with Crippen LogP contribution in [0.4, 0.5) is 0 Å². The van der Waals surface area contributed by atoms with Crippen molar-refractivity contribution < 1.29 is 15.0 Å². The maximum Gasteiger partial charge on any atom is 0.305 e. The summed E-state index contributed by atoms with van der Waals surface area (Å²) in [6.07, 6.45) is 20.8. The van der Waals surface area contributed by atoms with E-state index in [1.165, 1.54) is 70.6 Å². The summed E-state index contributed by atoms with van der Waals surface area (Å²) in [5.74, 6) is -0.912. The zero-order valence-electron chi connectivity index (χ0n) is 15.1. The van der Waals surface area contributed by atoms with E-state index >= 15 is 0 Å². The lowest BCUT2D eigenvalue weighted by Gasteiger charge is -2.06. The van der Waals surface area contributed by atoms with Crippen LogP contribution in [0.25, 0.3) is 0 Å². The molecule has 0 aromatic rings. The van der Waals surface area contributed by atoms with Crippen molar-refractivity contribution in [2.45, 2.75) is 109 Å². The van der Waals surface area contributed by atoms with E-state index in [4.69, 9.17) is 5.11 Å². The number of carboxylic acid groups (broad SMARTS) is 1. The summed E-state index contributed by atoms with van der Waals surface area (Å²) in [6.45, 7) is 2.26. The molecule has 3 heteroatoms. The van der Waals surface area contributed by atoms with Crippen LogP contribution in [0.2, 0.25) is 0 Å². The highest BCUT2D eigenvalue weighted by Gasteiger charge is 2.08. The normalized spacial score (nSPS) is 12.8. The SMILES string of the molecule is CCCCCCCC/C=C\CCCCCCC[C@H](O)CC(=O)O. The van der Waals surface area contributed by atoms with Gasteiger partial charge in [0.1, 0.15) is 0 Å². The maximum atomic E-state index is 10.4. The molecule has 23 heavy (non-hydrogen) atoms. The van der Waals surface area contributed by atoms with Gasteiger partial charge in [-0.3, -0.25) is 4.79 Å². The zero-order chi connectivity index (χ0) is 17.2. The fraction of sp³-hybridized carbons (Fsp3) is 0.850. The maximum absolute atomic E-state index is 10.4. The van der Waals surface area contributed by atoms with E-state index in [0.29, 0.717) is 6.42 Å². The van der Waals surface area contributed by atoms with Crippen molar-refractivity contribution in [2.24, 2.45) is 0 Å². The highest BCUT2D eigenvalue weighted by Crippen LogP contribution is 2.11. The largest absolute Gasteiger partial charge is 0.481 e. The Morgan fingerprint density at radius 3 is 1.83 bits per heavy atom. The highest BCUT2D eigenvalue weighted by atomic mass is 16.4. The Kier molecular flexibility index (Phi) is 16.9. The lowest BCUT2D eigenvalue weighted by atomic mass is 10.1. The van der Waals surface area contributed by atoms with Gasteiger partial charge in [0.05, 0.1) is 12.5 Å². The molecule has 0 aromatic heterocycles. The summed E-state index contributed by atoms with van der Waals surface area (Å²) in [7, 11) is 0. The van der Waals surface area contributed by atoms with Crippen LogP contribution < -0.4 is 0 Å². The van der Waals surface area contributed by atoms with Crippen LogP contribution in [0.3, 0.4) is 0 Å². The Hall–Kier alpha value is -0.830. The summed E-state index contributed by atoms with van der Waals surface area (Å²) in [6, 6.07) is 0. The zero-order valence-corrected chi connectivity index (χ0v) is 15.1. The number of aliphatic hydroxyl groups excluding tert-OH is 1. The fourth-order valence-corrected chi connectivity index (χ4v) is 2.75. The Morgan fingerprint density at radius 1 is 0.826 bits per heavy atom. The first-order valence-corrected chi connectivity index (χ1v) is 9.71. The van der Waals surface area contributed by atoms with Crippen LogP contribution in [-0.2, 0) is 4.79 Å². The van der Waals surface area contributed by atoms with E-state index < -0.39 is 12.1 Å². The molecule has 0 aliphatic heterocycles. The molecule has 1 atom stereocenters. The van der Waals surface area contributed by atoms with Crippen LogP contribution >= 0.6 is 0 Å². The van der Waals surface area contributed by atoms with Crippen molar-refractivity contribution in [3.8, 4) is 0 Å². The second kappa shape index (κ2) is 17.5. The standard InChI is InChI=1S/C20H38O3/c1-2-3-4-5-6-7-8-9-10-11-12-13-14-15-16-17-19(21)18-20(22)23/h9-10,19,21H,2-8,11-18H2,1H3,(H,22,23)/b10-9-/t19-/m0/s1. The van der Waals surface area contributed by atoms with E-state index in [1.54, 1.807) is 0 Å². The lowest BCUT2D eigenvalue weighted by Crippen LogP contribution is -2.12. The van der Waals surface area contributed by atoms with Gasteiger partial charge in [-0.1, -0.05) is 76.9 Å². The summed E-state index contributed by atoms with van der Waals surface area (Å²) >= 11 is 0. The Balaban J connectivity index is 3.17. The Bertz CT molecular complexity index is 287. The van der Waals surface area contributed by atoms with Gasteiger partial charge in [-0.05, 0) is 32.1 Å². The molecule has 0 amide bonds. The molecule has 0 saturated carbocycles. The van der Waals surface area contributed by atoms with Gasteiger partial charge in [0.2, 0.25) is 0 Å². The van der Waals surface area contributed by atoms with Crippen molar-refractivity contribution >= 4 is 5.97 Å². The molecule has 0 heterocycles. The second-order valence-electron chi connectivity index (χ2n) is 6.62. The first kappa shape index (κ1) is 22.2. The summed E-state index contributed by atoms with van der Waals surface area (Å²) in [5, 5.41) is 18.0. The molecular weight excluding hydrogens is 288 g/mol. The molecule has 0 fully saturated rings. The predicted octanol–water partition coefficient (Wildman–Crippen LogP) is 5.86. The van der Waals surface area contributed by atoms with Crippen molar-refractivity contribution in [2.75, 3.05) is 0 Å². The molecule has 0 rings (SSSR count). The van der Waals surface area contributed by atoms with E-state index in [-0.39, 0.29) is 6.42 Å². The van der Waals surface area contributed by atoms with Crippen molar-refractivity contribution in [1.82, 2.24) is 0 Å². The molecular formula is C20H38O3. The number of hydrogen-bond donors (Lipinski definition) is 2. The Labute approximate surface area is 143 Å². The van der Waals surface area contributed by atoms with Gasteiger partial charge >= 0.3 is 5.97 Å². The first-order chi connectivity index (χ1) is 11.2. The van der Waals surface area contributed by atoms with E-state index in [0.717, 1.165) is 12.8 Å². The second-order valence-corrected chi connectivity index (χ2v) is 6.62. The van der Waals surface area contributed by atoms with E-state index in [9.17, 15) is 9.90 Å². The summed E-state index contributed by atoms with van der Waals surface area (Å²) < 4.78 is 0. The quantitative estimate of drug-likeness (QED) is 0.260. The molecule has 136 valence electrons. The van der Waals surface area contributed by atoms with Crippen LogP contribution in [0.15, 0.2) is 12.2 Å². The summed E-state index contributed by atoms with van der Waals surface area (Å²) in [5.41, 5.74) is 0. The number of aliphatic carboxylic acids is 1. The third-order valence-electron chi connectivity index (χ3n) is 4.21. The molecule has 0 spiro atoms. The lowest BCUT2D eigenvalue weighted by molar-refractivity contribution is -0.139. The number of carbonyl (C=O) groups is 1. The molecule has 0 radical (unpaired) electrons. The van der Waals surface area contributed by atoms with Gasteiger partial charge in [-0.2, -0.15) is 0 Å². The van der Waals surface area contributed by atoms with Gasteiger partial charge in [-0.15, -0.1) is 0 Å². The smallest absolute Gasteiger partial charge is 0.305 e. The van der Waals surface area contributed by atoms with Gasteiger partial charge in [0, 0.05) is 0 Å². The summed E-state index contributed by atoms with van der Waals surface area (Å²) in [4.78, 5) is 10.4. The van der Waals surface area contributed by atoms with Crippen molar-refractivity contribution in [3.63, 3.8) is 0 Å². The van der Waals surface area contributed by atoms with Crippen molar-refractivity contribution in [3.05, 3.63) is 12.2 Å². The van der Waals surface area contributed by atoms with Crippen molar-refractivity contribution in [1.29, 1.82) is 0 Å². The highest BCUT2D eigenvalue weighted by molar-refractivity contribution is 5.67. The van der Waals surface area contributed by atoms with Crippen LogP contribution in [0, 0.1) is 0 Å². The molecule has 0 unspecified atom stereocenters. The van der Waals surface area contributed by atoms with E-state index in [2.05, 4.69) is 19.1 Å². The predicted molar refractivity (Wildman–Crippen MR) is 97.7 cm³/mol. The number of allylic oxidation sites excluding steroid dienone is 2. The molecule has 3 nitrogen and oxygen atoms in total. The topological polar surface area (TPSA) is 57.5 Å². The van der Waals surface area contributed by atoms with E-state index in [1.807, 2.05) is 0 Å². The fourth-order valence-electron chi connectivity index (χ4n) is 2.75. The molecule has 0 aliphatic rings. The van der Waals surface area contributed by atoms with Crippen LogP contribution in [0.5, 0.6) is 0 Å². The molecule has 0 bridgehead atoms. The minimum atomic E-state index is -0.912. The van der Waals surface area contributed by atoms with Crippen LogP contribution in [0.1, 0.15) is 103 Å². The first-order valence-electron chi connectivity index (χ1n) is 9.71. The third-order valence-corrected chi connectivity index (χ3v) is 4.21. The number of carboxylic acids is 1. The van der Waals surface area contributed by atoms with Gasteiger partial charge in [0.25, 0.3) is 0 Å². The number of aliphatic hydroxyl groups is 1. The minimum Gasteiger partial charge on any atom is -0.481 e.